The van der Waals surface area contributed by atoms with Crippen LogP contribution in [0.25, 0.3) is 0 Å². The van der Waals surface area contributed by atoms with Crippen LogP contribution in [0.15, 0.2) is 0 Å². The van der Waals surface area contributed by atoms with E-state index in [4.69, 9.17) is 0 Å². The Labute approximate surface area is 95.4 Å². The number of rotatable bonds is 0. The molecule has 2 aliphatic rings. The van der Waals surface area contributed by atoms with Crippen molar-refractivity contribution in [3.05, 3.63) is 0 Å². The first-order chi connectivity index (χ1) is 6.61. The highest BCUT2D eigenvalue weighted by molar-refractivity contribution is 4.99. The number of hydrogen-bond donors (Lipinski definition) is 0. The lowest BCUT2D eigenvalue weighted by atomic mass is 9.73. The predicted octanol–water partition coefficient (Wildman–Crippen LogP) is 4.84. The summed E-state index contributed by atoms with van der Waals surface area (Å²) in [6, 6.07) is 0. The van der Waals surface area contributed by atoms with Gasteiger partial charge < -0.3 is 0 Å². The molecular formula is C12H22F4. The highest BCUT2D eigenvalue weighted by Crippen LogP contribution is 2.54. The molecule has 4 unspecified atom stereocenters. The Kier molecular flexibility index (Phi) is 4.46. The molecule has 2 aliphatic carbocycles. The third-order valence-corrected chi connectivity index (χ3v) is 3.88. The average molecular weight is 242 g/mol. The second-order valence-electron chi connectivity index (χ2n) is 4.96. The lowest BCUT2D eigenvalue weighted by Crippen LogP contribution is -2.45. The molecule has 0 aromatic heterocycles. The van der Waals surface area contributed by atoms with Crippen LogP contribution in [0.1, 0.15) is 41.5 Å². The molecule has 4 atom stereocenters. The molecule has 0 amide bonds. The van der Waals surface area contributed by atoms with E-state index in [9.17, 15) is 17.6 Å². The van der Waals surface area contributed by atoms with Gasteiger partial charge in [0.2, 0.25) is 0 Å². The Bertz CT molecular complexity index is 217. The van der Waals surface area contributed by atoms with Gasteiger partial charge in [-0.05, 0) is 6.42 Å². The molecule has 2 fully saturated rings. The average Bonchev–Trinajstić information content (AvgIpc) is 2.56. The smallest absolute Gasteiger partial charge is 0.206 e. The van der Waals surface area contributed by atoms with Gasteiger partial charge in [-0.1, -0.05) is 35.1 Å². The number of hydrogen-bond acceptors (Lipinski definition) is 0. The molecule has 0 aromatic rings. The van der Waals surface area contributed by atoms with Crippen LogP contribution >= 0.6 is 0 Å². The predicted molar refractivity (Wildman–Crippen MR) is 57.9 cm³/mol. The van der Waals surface area contributed by atoms with E-state index in [0.29, 0.717) is 6.42 Å². The van der Waals surface area contributed by atoms with Crippen LogP contribution in [0.5, 0.6) is 0 Å². The van der Waals surface area contributed by atoms with Crippen molar-refractivity contribution in [2.45, 2.75) is 53.4 Å². The van der Waals surface area contributed by atoms with Crippen molar-refractivity contribution >= 4 is 0 Å². The molecule has 0 aromatic carbocycles. The van der Waals surface area contributed by atoms with E-state index in [-0.39, 0.29) is 31.1 Å². The Morgan fingerprint density at radius 2 is 1.00 bits per heavy atom. The van der Waals surface area contributed by atoms with Gasteiger partial charge in [-0.25, -0.2) is 17.6 Å². The minimum absolute atomic E-state index is 0. The maximum atomic E-state index is 12.3. The van der Waals surface area contributed by atoms with E-state index < -0.39 is 11.8 Å². The topological polar surface area (TPSA) is 0 Å². The Morgan fingerprint density at radius 3 is 1.00 bits per heavy atom. The molecule has 16 heavy (non-hydrogen) atoms. The van der Waals surface area contributed by atoms with Crippen molar-refractivity contribution < 1.29 is 17.6 Å². The molecule has 2 rings (SSSR count). The zero-order chi connectivity index (χ0) is 12.0. The molecule has 0 saturated heterocycles. The second kappa shape index (κ2) is 4.53. The Morgan fingerprint density at radius 1 is 0.750 bits per heavy atom. The van der Waals surface area contributed by atoms with Gasteiger partial charge in [-0.15, -0.1) is 0 Å². The molecule has 98 valence electrons. The largest absolute Gasteiger partial charge is 0.254 e. The van der Waals surface area contributed by atoms with E-state index >= 15 is 0 Å². The summed E-state index contributed by atoms with van der Waals surface area (Å²) in [5.41, 5.74) is 0. The summed E-state index contributed by atoms with van der Waals surface area (Å²) >= 11 is 0. The molecular weight excluding hydrogens is 220 g/mol. The third-order valence-electron chi connectivity index (χ3n) is 3.88. The standard InChI is InChI=1S/C6H10F2.C5H8F2.CH4/c1-4-3-5(2)6(4,7)8;1-3-4(2)5(3,6)7;/h4-5H,3H2,1-2H3;3-4H,1-2H3;1H4. The molecule has 2 saturated carbocycles. The SMILES string of the molecule is C.CC1C(C)C1(F)F.CC1CC(C)C1(F)F. The molecule has 0 N–H and O–H groups in total. The van der Waals surface area contributed by atoms with Gasteiger partial charge in [-0.2, -0.15) is 0 Å². The van der Waals surface area contributed by atoms with Gasteiger partial charge in [0.25, 0.3) is 11.8 Å². The van der Waals surface area contributed by atoms with Gasteiger partial charge >= 0.3 is 0 Å². The summed E-state index contributed by atoms with van der Waals surface area (Å²) in [6.45, 7) is 6.34. The van der Waals surface area contributed by atoms with Crippen molar-refractivity contribution in [3.63, 3.8) is 0 Å². The molecule has 4 heteroatoms. The zero-order valence-corrected chi connectivity index (χ0v) is 9.53. The van der Waals surface area contributed by atoms with Crippen LogP contribution in [-0.4, -0.2) is 11.8 Å². The highest BCUT2D eigenvalue weighted by atomic mass is 19.3. The van der Waals surface area contributed by atoms with Crippen LogP contribution in [0.3, 0.4) is 0 Å². The summed E-state index contributed by atoms with van der Waals surface area (Å²) in [5.74, 6) is -6.19. The third kappa shape index (κ3) is 2.51. The lowest BCUT2D eigenvalue weighted by Gasteiger charge is -2.40. The van der Waals surface area contributed by atoms with Crippen LogP contribution in [-0.2, 0) is 0 Å². The van der Waals surface area contributed by atoms with E-state index in [0.717, 1.165) is 0 Å². The summed E-state index contributed by atoms with van der Waals surface area (Å²) < 4.78 is 48.5. The Balaban J connectivity index is 0.000000267. The van der Waals surface area contributed by atoms with Crippen molar-refractivity contribution in [1.29, 1.82) is 0 Å². The van der Waals surface area contributed by atoms with Crippen molar-refractivity contribution in [1.82, 2.24) is 0 Å². The van der Waals surface area contributed by atoms with Gasteiger partial charge in [-0.3, -0.25) is 0 Å². The van der Waals surface area contributed by atoms with Gasteiger partial charge in [0.05, 0.1) is 0 Å². The van der Waals surface area contributed by atoms with Gasteiger partial charge in [0, 0.05) is 23.7 Å². The zero-order valence-electron chi connectivity index (χ0n) is 9.53. The number of alkyl halides is 4. The first kappa shape index (κ1) is 15.7. The fourth-order valence-electron chi connectivity index (χ4n) is 1.84. The first-order valence-corrected chi connectivity index (χ1v) is 5.37. The van der Waals surface area contributed by atoms with Gasteiger partial charge in [0.1, 0.15) is 0 Å². The maximum Gasteiger partial charge on any atom is 0.254 e. The monoisotopic (exact) mass is 242 g/mol. The summed E-state index contributed by atoms with van der Waals surface area (Å²) in [7, 11) is 0. The van der Waals surface area contributed by atoms with Gasteiger partial charge in [0.15, 0.2) is 0 Å². The second-order valence-corrected chi connectivity index (χ2v) is 4.96. The molecule has 0 nitrogen and oxygen atoms in total. The number of halogens is 4. The summed E-state index contributed by atoms with van der Waals surface area (Å²) in [6.07, 6.45) is 0.688. The van der Waals surface area contributed by atoms with E-state index in [1.807, 2.05) is 0 Å². The molecule has 0 heterocycles. The summed E-state index contributed by atoms with van der Waals surface area (Å²) in [5, 5.41) is 0. The minimum Gasteiger partial charge on any atom is -0.206 e. The van der Waals surface area contributed by atoms with Crippen LogP contribution in [0, 0.1) is 23.7 Å². The molecule has 0 radical (unpaired) electrons. The van der Waals surface area contributed by atoms with Crippen molar-refractivity contribution in [3.8, 4) is 0 Å². The van der Waals surface area contributed by atoms with Crippen LogP contribution in [0.4, 0.5) is 17.6 Å². The fraction of sp³-hybridized carbons (Fsp3) is 1.00. The normalized spacial score (nSPS) is 42.0. The molecule has 0 spiro atoms. The quantitative estimate of drug-likeness (QED) is 0.533. The molecule has 0 aliphatic heterocycles. The van der Waals surface area contributed by atoms with E-state index in [1.165, 1.54) is 0 Å². The lowest BCUT2D eigenvalue weighted by molar-refractivity contribution is -0.173. The first-order valence-electron chi connectivity index (χ1n) is 5.37. The van der Waals surface area contributed by atoms with Crippen LogP contribution in [0.2, 0.25) is 0 Å². The fourth-order valence-corrected chi connectivity index (χ4v) is 1.84. The molecule has 0 bridgehead atoms. The summed E-state index contributed by atoms with van der Waals surface area (Å²) in [4.78, 5) is 0. The minimum atomic E-state index is -2.36. The van der Waals surface area contributed by atoms with E-state index in [2.05, 4.69) is 0 Å². The van der Waals surface area contributed by atoms with Crippen LogP contribution < -0.4 is 0 Å². The van der Waals surface area contributed by atoms with Crippen molar-refractivity contribution in [2.75, 3.05) is 0 Å². The Hall–Kier alpha value is -0.280. The van der Waals surface area contributed by atoms with Crippen molar-refractivity contribution in [2.24, 2.45) is 23.7 Å². The highest BCUT2D eigenvalue weighted by Gasteiger charge is 2.62. The van der Waals surface area contributed by atoms with E-state index in [1.54, 1.807) is 27.7 Å². The maximum absolute atomic E-state index is 12.3.